The van der Waals surface area contributed by atoms with E-state index in [1.165, 1.54) is 0 Å². The second-order valence-corrected chi connectivity index (χ2v) is 6.29. The molecule has 0 saturated heterocycles. The van der Waals surface area contributed by atoms with Crippen molar-refractivity contribution < 1.29 is 5.11 Å². The summed E-state index contributed by atoms with van der Waals surface area (Å²) in [6.45, 7) is 0. The first-order chi connectivity index (χ1) is 9.22. The zero-order valence-corrected chi connectivity index (χ0v) is 12.5. The summed E-state index contributed by atoms with van der Waals surface area (Å²) < 4.78 is 2.15. The van der Waals surface area contributed by atoms with Crippen molar-refractivity contribution in [3.05, 3.63) is 63.6 Å². The molecule has 2 aromatic heterocycles. The SMILES string of the molecule is OC(Cc1cccc(Br)c1)c1cnc2ccsc2c1. The van der Waals surface area contributed by atoms with Crippen LogP contribution in [0.4, 0.5) is 0 Å². The van der Waals surface area contributed by atoms with Crippen molar-refractivity contribution in [2.24, 2.45) is 0 Å². The first kappa shape index (κ1) is 12.8. The summed E-state index contributed by atoms with van der Waals surface area (Å²) in [6, 6.07) is 12.0. The number of aliphatic hydroxyl groups excluding tert-OH is 1. The van der Waals surface area contributed by atoms with Gasteiger partial charge in [-0.3, -0.25) is 4.98 Å². The van der Waals surface area contributed by atoms with E-state index in [-0.39, 0.29) is 0 Å². The molecule has 0 aliphatic heterocycles. The lowest BCUT2D eigenvalue weighted by atomic mass is 10.0. The van der Waals surface area contributed by atoms with Gasteiger partial charge < -0.3 is 5.11 Å². The summed E-state index contributed by atoms with van der Waals surface area (Å²) in [5.74, 6) is 0. The maximum atomic E-state index is 10.3. The largest absolute Gasteiger partial charge is 0.388 e. The second-order valence-electron chi connectivity index (χ2n) is 4.42. The fourth-order valence-electron chi connectivity index (χ4n) is 2.05. The monoisotopic (exact) mass is 333 g/mol. The van der Waals surface area contributed by atoms with E-state index in [0.717, 1.165) is 25.8 Å². The molecule has 0 spiro atoms. The lowest BCUT2D eigenvalue weighted by Gasteiger charge is -2.11. The molecule has 3 aromatic rings. The van der Waals surface area contributed by atoms with Crippen LogP contribution < -0.4 is 0 Å². The van der Waals surface area contributed by atoms with Gasteiger partial charge >= 0.3 is 0 Å². The highest BCUT2D eigenvalue weighted by Crippen LogP contribution is 2.25. The topological polar surface area (TPSA) is 33.1 Å². The van der Waals surface area contributed by atoms with E-state index in [1.54, 1.807) is 17.5 Å². The zero-order chi connectivity index (χ0) is 13.2. The molecular weight excluding hydrogens is 322 g/mol. The van der Waals surface area contributed by atoms with Crippen LogP contribution >= 0.6 is 27.3 Å². The van der Waals surface area contributed by atoms with Gasteiger partial charge in [0.2, 0.25) is 0 Å². The van der Waals surface area contributed by atoms with Crippen molar-refractivity contribution in [2.75, 3.05) is 0 Å². The Morgan fingerprint density at radius 1 is 1.26 bits per heavy atom. The number of aromatic nitrogens is 1. The normalized spacial score (nSPS) is 12.7. The maximum absolute atomic E-state index is 10.3. The van der Waals surface area contributed by atoms with Crippen LogP contribution in [-0.4, -0.2) is 10.1 Å². The zero-order valence-electron chi connectivity index (χ0n) is 10.1. The molecule has 0 amide bonds. The van der Waals surface area contributed by atoms with Crippen LogP contribution in [0.2, 0.25) is 0 Å². The lowest BCUT2D eigenvalue weighted by Crippen LogP contribution is -2.02. The van der Waals surface area contributed by atoms with E-state index in [0.29, 0.717) is 6.42 Å². The smallest absolute Gasteiger partial charge is 0.0845 e. The Morgan fingerprint density at radius 2 is 2.16 bits per heavy atom. The van der Waals surface area contributed by atoms with Gasteiger partial charge in [0.1, 0.15) is 0 Å². The number of hydrogen-bond donors (Lipinski definition) is 1. The van der Waals surface area contributed by atoms with Gasteiger partial charge in [-0.1, -0.05) is 28.1 Å². The second kappa shape index (κ2) is 5.41. The Labute approximate surface area is 123 Å². The molecule has 1 atom stereocenters. The van der Waals surface area contributed by atoms with Gasteiger partial charge in [0.25, 0.3) is 0 Å². The van der Waals surface area contributed by atoms with Gasteiger partial charge in [0.05, 0.1) is 16.3 Å². The van der Waals surface area contributed by atoms with E-state index < -0.39 is 6.10 Å². The number of hydrogen-bond acceptors (Lipinski definition) is 3. The number of rotatable bonds is 3. The Balaban J connectivity index is 1.84. The van der Waals surface area contributed by atoms with Crippen molar-refractivity contribution >= 4 is 37.5 Å². The summed E-state index contributed by atoms with van der Waals surface area (Å²) in [4.78, 5) is 4.36. The van der Waals surface area contributed by atoms with E-state index in [4.69, 9.17) is 0 Å². The number of halogens is 1. The van der Waals surface area contributed by atoms with Crippen molar-refractivity contribution in [3.63, 3.8) is 0 Å². The third-order valence-electron chi connectivity index (χ3n) is 3.03. The first-order valence-electron chi connectivity index (χ1n) is 5.98. The van der Waals surface area contributed by atoms with Gasteiger partial charge in [0.15, 0.2) is 0 Å². The number of fused-ring (bicyclic) bond motifs is 1. The molecular formula is C15H12BrNOS. The minimum absolute atomic E-state index is 0.520. The highest BCUT2D eigenvalue weighted by Gasteiger charge is 2.10. The van der Waals surface area contributed by atoms with Gasteiger partial charge in [-0.05, 0) is 35.2 Å². The van der Waals surface area contributed by atoms with Crippen molar-refractivity contribution in [1.29, 1.82) is 0 Å². The minimum Gasteiger partial charge on any atom is -0.388 e. The summed E-state index contributed by atoms with van der Waals surface area (Å²) in [5, 5.41) is 12.3. The molecule has 96 valence electrons. The van der Waals surface area contributed by atoms with Crippen molar-refractivity contribution in [3.8, 4) is 0 Å². The van der Waals surface area contributed by atoms with Crippen LogP contribution in [0.1, 0.15) is 17.2 Å². The highest BCUT2D eigenvalue weighted by molar-refractivity contribution is 9.10. The van der Waals surface area contributed by atoms with Crippen LogP contribution in [0, 0.1) is 0 Å². The molecule has 2 nitrogen and oxygen atoms in total. The molecule has 3 rings (SSSR count). The van der Waals surface area contributed by atoms with Gasteiger partial charge in [0, 0.05) is 22.7 Å². The lowest BCUT2D eigenvalue weighted by molar-refractivity contribution is 0.178. The molecule has 0 fully saturated rings. The molecule has 0 radical (unpaired) electrons. The number of thiophene rings is 1. The quantitative estimate of drug-likeness (QED) is 0.773. The molecule has 0 aliphatic carbocycles. The van der Waals surface area contributed by atoms with Gasteiger partial charge in [-0.15, -0.1) is 11.3 Å². The standard InChI is InChI=1S/C15H12BrNOS/c16-12-3-1-2-10(6-12)7-14(18)11-8-15-13(17-9-11)4-5-19-15/h1-6,8-9,14,18H,7H2. The molecule has 0 aliphatic rings. The average Bonchev–Trinajstić information content (AvgIpc) is 2.85. The first-order valence-corrected chi connectivity index (χ1v) is 7.65. The molecule has 19 heavy (non-hydrogen) atoms. The van der Waals surface area contributed by atoms with Crippen molar-refractivity contribution in [2.45, 2.75) is 12.5 Å². The Hall–Kier alpha value is -1.23. The van der Waals surface area contributed by atoms with Crippen LogP contribution in [-0.2, 0) is 6.42 Å². The Kier molecular flexibility index (Phi) is 3.64. The predicted molar refractivity (Wildman–Crippen MR) is 82.4 cm³/mol. The molecule has 1 N–H and O–H groups in total. The van der Waals surface area contributed by atoms with Crippen LogP contribution in [0.25, 0.3) is 10.2 Å². The summed E-state index contributed by atoms with van der Waals surface area (Å²) in [5.41, 5.74) is 2.96. The van der Waals surface area contributed by atoms with E-state index in [9.17, 15) is 5.11 Å². The van der Waals surface area contributed by atoms with Crippen LogP contribution in [0.5, 0.6) is 0 Å². The fourth-order valence-corrected chi connectivity index (χ4v) is 3.28. The molecule has 0 saturated carbocycles. The minimum atomic E-state index is -0.520. The fraction of sp³-hybridized carbons (Fsp3) is 0.133. The predicted octanol–water partition coefficient (Wildman–Crippen LogP) is 4.33. The van der Waals surface area contributed by atoms with Crippen molar-refractivity contribution in [1.82, 2.24) is 4.98 Å². The number of pyridine rings is 1. The third kappa shape index (κ3) is 2.86. The summed E-state index contributed by atoms with van der Waals surface area (Å²) in [6.07, 6.45) is 1.84. The van der Waals surface area contributed by atoms with Gasteiger partial charge in [-0.25, -0.2) is 0 Å². The third-order valence-corrected chi connectivity index (χ3v) is 4.37. The number of nitrogens with zero attached hydrogens (tertiary/aromatic N) is 1. The molecule has 2 heterocycles. The maximum Gasteiger partial charge on any atom is 0.0845 e. The van der Waals surface area contributed by atoms with Gasteiger partial charge in [-0.2, -0.15) is 0 Å². The van der Waals surface area contributed by atoms with Crippen LogP contribution in [0.15, 0.2) is 52.4 Å². The Bertz CT molecular complexity index is 710. The highest BCUT2D eigenvalue weighted by atomic mass is 79.9. The van der Waals surface area contributed by atoms with E-state index >= 15 is 0 Å². The number of aliphatic hydroxyl groups is 1. The molecule has 1 aromatic carbocycles. The Morgan fingerprint density at radius 3 is 3.00 bits per heavy atom. The summed E-state index contributed by atoms with van der Waals surface area (Å²) in [7, 11) is 0. The average molecular weight is 334 g/mol. The summed E-state index contributed by atoms with van der Waals surface area (Å²) >= 11 is 5.09. The molecule has 4 heteroatoms. The van der Waals surface area contributed by atoms with E-state index in [2.05, 4.69) is 20.9 Å². The molecule has 1 unspecified atom stereocenters. The van der Waals surface area contributed by atoms with E-state index in [1.807, 2.05) is 41.8 Å². The van der Waals surface area contributed by atoms with Crippen LogP contribution in [0.3, 0.4) is 0 Å². The number of benzene rings is 1. The molecule has 0 bridgehead atoms.